The number of benzene rings is 1. The zero-order valence-corrected chi connectivity index (χ0v) is 14.1. The Hall–Kier alpha value is -1.52. The van der Waals surface area contributed by atoms with Gasteiger partial charge in [-0.05, 0) is 29.0 Å². The number of aromatic nitrogens is 2. The van der Waals surface area contributed by atoms with Gasteiger partial charge in [0.25, 0.3) is 0 Å². The average molecular weight is 314 g/mol. The molecule has 0 bridgehead atoms. The van der Waals surface area contributed by atoms with E-state index in [2.05, 4.69) is 55.0 Å². The maximum absolute atomic E-state index is 4.51. The fraction of sp³-hybridized carbons (Fsp3) is 0.294. The minimum absolute atomic E-state index is 0.207. The van der Waals surface area contributed by atoms with Gasteiger partial charge in [0.1, 0.15) is 0 Å². The van der Waals surface area contributed by atoms with Gasteiger partial charge in [-0.1, -0.05) is 39.0 Å². The van der Waals surface area contributed by atoms with Crippen LogP contribution in [0.5, 0.6) is 0 Å². The Kier molecular flexibility index (Phi) is 3.91. The maximum Gasteiger partial charge on any atom is 0.152 e. The highest BCUT2D eigenvalue weighted by Gasteiger charge is 2.18. The van der Waals surface area contributed by atoms with Crippen molar-refractivity contribution in [2.75, 3.05) is 0 Å². The van der Waals surface area contributed by atoms with Crippen LogP contribution in [0, 0.1) is 0 Å². The molecule has 2 aromatic heterocycles. The summed E-state index contributed by atoms with van der Waals surface area (Å²) in [5.74, 6) is 0. The quantitative estimate of drug-likeness (QED) is 0.624. The lowest BCUT2D eigenvalue weighted by molar-refractivity contribution is 0.506. The van der Waals surface area contributed by atoms with Gasteiger partial charge in [-0.2, -0.15) is 0 Å². The van der Waals surface area contributed by atoms with Crippen molar-refractivity contribution in [1.82, 2.24) is 9.97 Å². The monoisotopic (exact) mass is 314 g/mol. The first-order valence-corrected chi connectivity index (χ1v) is 8.76. The van der Waals surface area contributed by atoms with Gasteiger partial charge in [-0.25, -0.2) is 9.97 Å². The summed E-state index contributed by atoms with van der Waals surface area (Å²) in [7, 11) is 0. The highest BCUT2D eigenvalue weighted by molar-refractivity contribution is 7.22. The summed E-state index contributed by atoms with van der Waals surface area (Å²) in [5, 5.41) is 3.98. The van der Waals surface area contributed by atoms with Gasteiger partial charge in [0.15, 0.2) is 10.0 Å². The van der Waals surface area contributed by atoms with Crippen molar-refractivity contribution in [3.05, 3.63) is 47.6 Å². The van der Waals surface area contributed by atoms with E-state index in [1.165, 1.54) is 16.0 Å². The molecule has 0 aliphatic heterocycles. The van der Waals surface area contributed by atoms with Crippen LogP contribution in [0.15, 0.2) is 42.0 Å². The zero-order valence-electron chi connectivity index (χ0n) is 12.5. The maximum atomic E-state index is 4.51. The predicted molar refractivity (Wildman–Crippen MR) is 92.0 cm³/mol. The third-order valence-corrected chi connectivity index (χ3v) is 5.90. The summed E-state index contributed by atoms with van der Waals surface area (Å²) in [6.45, 7) is 6.82. The van der Waals surface area contributed by atoms with Crippen LogP contribution in [0.25, 0.3) is 20.5 Å². The lowest BCUT2D eigenvalue weighted by Gasteiger charge is -2.23. The molecule has 0 N–H and O–H groups in total. The van der Waals surface area contributed by atoms with Gasteiger partial charge in [-0.3, -0.25) is 0 Å². The van der Waals surface area contributed by atoms with Crippen LogP contribution in [0.3, 0.4) is 0 Å². The standard InChI is InChI=1S/C17H18N2S2/c1-4-17(2,3)13-7-5-6-12(10-13)14-11-19-16(21-14)15-18-8-9-20-15/h5-11H,4H2,1-3H3. The number of hydrogen-bond acceptors (Lipinski definition) is 4. The molecule has 0 saturated heterocycles. The molecule has 108 valence electrons. The molecule has 0 unspecified atom stereocenters. The molecule has 0 saturated carbocycles. The van der Waals surface area contributed by atoms with E-state index in [0.29, 0.717) is 0 Å². The van der Waals surface area contributed by atoms with E-state index in [9.17, 15) is 0 Å². The van der Waals surface area contributed by atoms with Gasteiger partial charge in [-0.15, -0.1) is 22.7 Å². The lowest BCUT2D eigenvalue weighted by Crippen LogP contribution is -2.15. The fourth-order valence-electron chi connectivity index (χ4n) is 2.13. The summed E-state index contributed by atoms with van der Waals surface area (Å²) < 4.78 is 0. The Balaban J connectivity index is 1.96. The highest BCUT2D eigenvalue weighted by atomic mass is 32.1. The topological polar surface area (TPSA) is 25.8 Å². The first-order valence-electron chi connectivity index (χ1n) is 7.07. The van der Waals surface area contributed by atoms with Crippen molar-refractivity contribution in [2.24, 2.45) is 0 Å². The second kappa shape index (κ2) is 5.70. The lowest BCUT2D eigenvalue weighted by atomic mass is 9.81. The van der Waals surface area contributed by atoms with E-state index in [-0.39, 0.29) is 5.41 Å². The Morgan fingerprint density at radius 1 is 1.14 bits per heavy atom. The van der Waals surface area contributed by atoms with Crippen LogP contribution in [-0.2, 0) is 5.41 Å². The van der Waals surface area contributed by atoms with Crippen LogP contribution >= 0.6 is 22.7 Å². The number of rotatable bonds is 4. The molecule has 0 amide bonds. The van der Waals surface area contributed by atoms with E-state index < -0.39 is 0 Å². The molecule has 3 aromatic rings. The molecule has 0 aliphatic carbocycles. The molecule has 1 aromatic carbocycles. The fourth-order valence-corrected chi connectivity index (χ4v) is 3.73. The first-order chi connectivity index (χ1) is 10.1. The number of thiazole rings is 2. The van der Waals surface area contributed by atoms with Gasteiger partial charge >= 0.3 is 0 Å². The summed E-state index contributed by atoms with van der Waals surface area (Å²) in [4.78, 5) is 10.0. The van der Waals surface area contributed by atoms with Crippen molar-refractivity contribution in [3.8, 4) is 20.5 Å². The summed E-state index contributed by atoms with van der Waals surface area (Å²) in [5.41, 5.74) is 2.83. The molecule has 2 nitrogen and oxygen atoms in total. The smallest absolute Gasteiger partial charge is 0.152 e. The van der Waals surface area contributed by atoms with Crippen molar-refractivity contribution in [2.45, 2.75) is 32.6 Å². The van der Waals surface area contributed by atoms with E-state index in [1.807, 2.05) is 17.8 Å². The van der Waals surface area contributed by atoms with Crippen molar-refractivity contribution in [3.63, 3.8) is 0 Å². The van der Waals surface area contributed by atoms with Crippen molar-refractivity contribution in [1.29, 1.82) is 0 Å². The Labute approximate surface area is 133 Å². The van der Waals surface area contributed by atoms with Gasteiger partial charge in [0.2, 0.25) is 0 Å². The zero-order chi connectivity index (χ0) is 14.9. The van der Waals surface area contributed by atoms with Gasteiger partial charge in [0, 0.05) is 17.8 Å². The van der Waals surface area contributed by atoms with E-state index >= 15 is 0 Å². The second-order valence-corrected chi connectivity index (χ2v) is 7.61. The molecule has 2 heterocycles. The van der Waals surface area contributed by atoms with Gasteiger partial charge in [0.05, 0.1) is 4.88 Å². The minimum Gasteiger partial charge on any atom is -0.242 e. The highest BCUT2D eigenvalue weighted by Crippen LogP contribution is 2.35. The Morgan fingerprint density at radius 3 is 2.71 bits per heavy atom. The SMILES string of the molecule is CCC(C)(C)c1cccc(-c2cnc(-c3nccs3)s2)c1. The largest absolute Gasteiger partial charge is 0.242 e. The molecule has 4 heteroatoms. The van der Waals surface area contributed by atoms with Crippen LogP contribution in [0.4, 0.5) is 0 Å². The molecular formula is C17H18N2S2. The average Bonchev–Trinajstić information content (AvgIpc) is 3.18. The molecule has 21 heavy (non-hydrogen) atoms. The summed E-state index contributed by atoms with van der Waals surface area (Å²) >= 11 is 3.34. The van der Waals surface area contributed by atoms with Crippen molar-refractivity contribution >= 4 is 22.7 Å². The second-order valence-electron chi connectivity index (χ2n) is 5.69. The van der Waals surface area contributed by atoms with Crippen LogP contribution in [0.2, 0.25) is 0 Å². The van der Waals surface area contributed by atoms with E-state index in [4.69, 9.17) is 0 Å². The molecular weight excluding hydrogens is 296 g/mol. The Morgan fingerprint density at radius 2 is 2.00 bits per heavy atom. The molecule has 0 atom stereocenters. The van der Waals surface area contributed by atoms with Crippen LogP contribution in [-0.4, -0.2) is 9.97 Å². The molecule has 0 radical (unpaired) electrons. The van der Waals surface area contributed by atoms with E-state index in [0.717, 1.165) is 16.4 Å². The van der Waals surface area contributed by atoms with E-state index in [1.54, 1.807) is 22.7 Å². The molecule has 0 fully saturated rings. The van der Waals surface area contributed by atoms with Crippen LogP contribution in [0.1, 0.15) is 32.8 Å². The van der Waals surface area contributed by atoms with Gasteiger partial charge < -0.3 is 0 Å². The Bertz CT molecular complexity index is 727. The number of hydrogen-bond donors (Lipinski definition) is 0. The predicted octanol–water partition coefficient (Wildman–Crippen LogP) is 5.62. The molecule has 0 spiro atoms. The van der Waals surface area contributed by atoms with Crippen LogP contribution < -0.4 is 0 Å². The normalized spacial score (nSPS) is 11.8. The first kappa shape index (κ1) is 14.4. The third kappa shape index (κ3) is 2.92. The summed E-state index contributed by atoms with van der Waals surface area (Å²) in [6.07, 6.45) is 4.91. The molecule has 0 aliphatic rings. The minimum atomic E-state index is 0.207. The summed E-state index contributed by atoms with van der Waals surface area (Å²) in [6, 6.07) is 8.82. The third-order valence-electron chi connectivity index (χ3n) is 3.93. The number of nitrogens with zero attached hydrogens (tertiary/aromatic N) is 2. The molecule has 3 rings (SSSR count). The van der Waals surface area contributed by atoms with Crippen molar-refractivity contribution < 1.29 is 0 Å².